The molecule has 1 aliphatic heterocycles. The summed E-state index contributed by atoms with van der Waals surface area (Å²) in [5, 5.41) is 9.12. The lowest BCUT2D eigenvalue weighted by atomic mass is 10.0. The van der Waals surface area contributed by atoms with Crippen molar-refractivity contribution >= 4 is 11.9 Å². The molecule has 0 bridgehead atoms. The van der Waals surface area contributed by atoms with Crippen LogP contribution in [0.5, 0.6) is 0 Å². The van der Waals surface area contributed by atoms with E-state index in [1.165, 1.54) is 0 Å². The van der Waals surface area contributed by atoms with Crippen molar-refractivity contribution in [2.45, 2.75) is 31.8 Å². The van der Waals surface area contributed by atoms with Gasteiger partial charge < -0.3 is 14.7 Å². The number of aromatic carboxylic acids is 1. The smallest absolute Gasteiger partial charge is 0.335 e. The lowest BCUT2D eigenvalue weighted by Crippen LogP contribution is -2.34. The van der Waals surface area contributed by atoms with Gasteiger partial charge in [0.1, 0.15) is 0 Å². The third kappa shape index (κ3) is 4.29. The van der Waals surface area contributed by atoms with Gasteiger partial charge in [-0.1, -0.05) is 18.2 Å². The number of carboxylic acids is 1. The molecule has 114 valence electrons. The van der Waals surface area contributed by atoms with Gasteiger partial charge in [0.25, 0.3) is 0 Å². The first-order valence-electron chi connectivity index (χ1n) is 7.24. The molecule has 1 amide bonds. The quantitative estimate of drug-likeness (QED) is 0.870. The standard InChI is InChI=1S/C16H21NO4/c1-17(11-13-6-4-10-21-13)15(18)9-8-12-5-2-3-7-14(12)16(19)20/h2-3,5,7,13H,4,6,8-11H2,1H3,(H,19,20). The molecule has 1 unspecified atom stereocenters. The second-order valence-electron chi connectivity index (χ2n) is 5.37. The molecule has 1 aliphatic rings. The normalized spacial score (nSPS) is 17.7. The Labute approximate surface area is 124 Å². The van der Waals surface area contributed by atoms with Gasteiger partial charge in [-0.3, -0.25) is 4.79 Å². The molecule has 5 heteroatoms. The van der Waals surface area contributed by atoms with Crippen molar-refractivity contribution in [1.29, 1.82) is 0 Å². The van der Waals surface area contributed by atoms with E-state index < -0.39 is 5.97 Å². The fraction of sp³-hybridized carbons (Fsp3) is 0.500. The molecule has 1 N–H and O–H groups in total. The van der Waals surface area contributed by atoms with Crippen LogP contribution in [0, 0.1) is 0 Å². The third-order valence-corrected chi connectivity index (χ3v) is 3.78. The van der Waals surface area contributed by atoms with E-state index in [1.807, 2.05) is 0 Å². The number of hydrogen-bond donors (Lipinski definition) is 1. The van der Waals surface area contributed by atoms with E-state index in [2.05, 4.69) is 0 Å². The molecule has 0 saturated carbocycles. The number of carbonyl (C=O) groups is 2. The minimum atomic E-state index is -0.953. The Bertz CT molecular complexity index is 509. The number of aryl methyl sites for hydroxylation is 1. The maximum atomic E-state index is 12.1. The van der Waals surface area contributed by atoms with Gasteiger partial charge in [0, 0.05) is 26.6 Å². The summed E-state index contributed by atoms with van der Waals surface area (Å²) in [7, 11) is 1.77. The Morgan fingerprint density at radius 1 is 1.38 bits per heavy atom. The average Bonchev–Trinajstić information content (AvgIpc) is 2.97. The van der Waals surface area contributed by atoms with Crippen LogP contribution in [-0.4, -0.2) is 48.2 Å². The van der Waals surface area contributed by atoms with E-state index in [1.54, 1.807) is 36.2 Å². The van der Waals surface area contributed by atoms with E-state index in [9.17, 15) is 9.59 Å². The zero-order valence-corrected chi connectivity index (χ0v) is 12.2. The molecule has 2 rings (SSSR count). The Hall–Kier alpha value is -1.88. The van der Waals surface area contributed by atoms with Crippen molar-refractivity contribution in [3.63, 3.8) is 0 Å². The monoisotopic (exact) mass is 291 g/mol. The highest BCUT2D eigenvalue weighted by Gasteiger charge is 2.20. The Balaban J connectivity index is 1.87. The predicted octanol–water partition coefficient (Wildman–Crippen LogP) is 1.95. The molecule has 1 aromatic rings. The van der Waals surface area contributed by atoms with Crippen LogP contribution in [-0.2, 0) is 16.0 Å². The van der Waals surface area contributed by atoms with Gasteiger partial charge >= 0.3 is 5.97 Å². The van der Waals surface area contributed by atoms with Gasteiger partial charge in [-0.05, 0) is 30.9 Å². The Morgan fingerprint density at radius 3 is 2.81 bits per heavy atom. The molecule has 21 heavy (non-hydrogen) atoms. The van der Waals surface area contributed by atoms with Crippen molar-refractivity contribution in [2.24, 2.45) is 0 Å². The van der Waals surface area contributed by atoms with E-state index in [4.69, 9.17) is 9.84 Å². The van der Waals surface area contributed by atoms with Gasteiger partial charge in [-0.25, -0.2) is 4.79 Å². The van der Waals surface area contributed by atoms with Gasteiger partial charge in [-0.2, -0.15) is 0 Å². The SMILES string of the molecule is CN(CC1CCCO1)C(=O)CCc1ccccc1C(=O)O. The molecule has 0 aliphatic carbocycles. The summed E-state index contributed by atoms with van der Waals surface area (Å²) < 4.78 is 5.52. The molecule has 0 spiro atoms. The molecule has 1 atom stereocenters. The zero-order chi connectivity index (χ0) is 15.2. The first kappa shape index (κ1) is 15.5. The summed E-state index contributed by atoms with van der Waals surface area (Å²) in [4.78, 5) is 24.9. The van der Waals surface area contributed by atoms with Crippen molar-refractivity contribution < 1.29 is 19.4 Å². The predicted molar refractivity (Wildman–Crippen MR) is 78.3 cm³/mol. The second kappa shape index (κ2) is 7.22. The number of rotatable bonds is 6. The van der Waals surface area contributed by atoms with Crippen LogP contribution in [0.3, 0.4) is 0 Å². The van der Waals surface area contributed by atoms with Crippen LogP contribution in [0.1, 0.15) is 35.2 Å². The van der Waals surface area contributed by atoms with Gasteiger partial charge in [0.15, 0.2) is 0 Å². The lowest BCUT2D eigenvalue weighted by Gasteiger charge is -2.21. The molecule has 1 heterocycles. The minimum Gasteiger partial charge on any atom is -0.478 e. The fourth-order valence-corrected chi connectivity index (χ4v) is 2.58. The van der Waals surface area contributed by atoms with E-state index >= 15 is 0 Å². The Kier molecular flexibility index (Phi) is 5.33. The van der Waals surface area contributed by atoms with Crippen molar-refractivity contribution in [3.05, 3.63) is 35.4 Å². The largest absolute Gasteiger partial charge is 0.478 e. The highest BCUT2D eigenvalue weighted by Crippen LogP contribution is 2.15. The van der Waals surface area contributed by atoms with Crippen LogP contribution in [0.4, 0.5) is 0 Å². The van der Waals surface area contributed by atoms with Crippen LogP contribution in [0.25, 0.3) is 0 Å². The molecule has 1 aromatic carbocycles. The molecule has 0 aromatic heterocycles. The summed E-state index contributed by atoms with van der Waals surface area (Å²) in [6, 6.07) is 6.82. The molecule has 0 radical (unpaired) electrons. The second-order valence-corrected chi connectivity index (χ2v) is 5.37. The first-order valence-corrected chi connectivity index (χ1v) is 7.24. The third-order valence-electron chi connectivity index (χ3n) is 3.78. The van der Waals surface area contributed by atoms with Crippen LogP contribution >= 0.6 is 0 Å². The Morgan fingerprint density at radius 2 is 2.14 bits per heavy atom. The zero-order valence-electron chi connectivity index (χ0n) is 12.2. The molecule has 1 fully saturated rings. The van der Waals surface area contributed by atoms with Crippen LogP contribution in [0.15, 0.2) is 24.3 Å². The van der Waals surface area contributed by atoms with E-state index in [-0.39, 0.29) is 17.6 Å². The van der Waals surface area contributed by atoms with Crippen molar-refractivity contribution in [3.8, 4) is 0 Å². The molecule has 5 nitrogen and oxygen atoms in total. The number of likely N-dealkylation sites (N-methyl/N-ethyl adjacent to an activating group) is 1. The summed E-state index contributed by atoms with van der Waals surface area (Å²) in [5.74, 6) is -0.934. The van der Waals surface area contributed by atoms with Crippen molar-refractivity contribution in [1.82, 2.24) is 4.90 Å². The number of carbonyl (C=O) groups excluding carboxylic acids is 1. The van der Waals surface area contributed by atoms with Gasteiger partial charge in [-0.15, -0.1) is 0 Å². The number of benzene rings is 1. The van der Waals surface area contributed by atoms with Gasteiger partial charge in [0.05, 0.1) is 11.7 Å². The van der Waals surface area contributed by atoms with Gasteiger partial charge in [0.2, 0.25) is 5.91 Å². The summed E-state index contributed by atoms with van der Waals surface area (Å²) in [6.07, 6.45) is 2.95. The topological polar surface area (TPSA) is 66.8 Å². The lowest BCUT2D eigenvalue weighted by molar-refractivity contribution is -0.131. The van der Waals surface area contributed by atoms with Crippen LogP contribution < -0.4 is 0 Å². The first-order chi connectivity index (χ1) is 10.1. The van der Waals surface area contributed by atoms with Crippen molar-refractivity contribution in [2.75, 3.05) is 20.2 Å². The van der Waals surface area contributed by atoms with Crippen LogP contribution in [0.2, 0.25) is 0 Å². The van der Waals surface area contributed by atoms with E-state index in [0.717, 1.165) is 19.4 Å². The molecular formula is C16H21NO4. The number of hydrogen-bond acceptors (Lipinski definition) is 3. The fourth-order valence-electron chi connectivity index (χ4n) is 2.58. The maximum absolute atomic E-state index is 12.1. The molecule has 1 saturated heterocycles. The summed E-state index contributed by atoms with van der Waals surface area (Å²) >= 11 is 0. The average molecular weight is 291 g/mol. The number of ether oxygens (including phenoxy) is 1. The number of amides is 1. The molecular weight excluding hydrogens is 270 g/mol. The highest BCUT2D eigenvalue weighted by atomic mass is 16.5. The summed E-state index contributed by atoms with van der Waals surface area (Å²) in [5.41, 5.74) is 0.968. The summed E-state index contributed by atoms with van der Waals surface area (Å²) in [6.45, 7) is 1.39. The maximum Gasteiger partial charge on any atom is 0.335 e. The number of nitrogens with zero attached hydrogens (tertiary/aromatic N) is 1. The highest BCUT2D eigenvalue weighted by molar-refractivity contribution is 5.89. The number of carboxylic acid groups (broad SMARTS) is 1. The van der Waals surface area contributed by atoms with E-state index in [0.29, 0.717) is 24.9 Å². The minimum absolute atomic E-state index is 0.0192.